The summed E-state index contributed by atoms with van der Waals surface area (Å²) in [6.45, 7) is 0. The number of amides is 1. The van der Waals surface area contributed by atoms with Crippen LogP contribution in [0.2, 0.25) is 0 Å². The number of methoxy groups -OCH3 is 2. The van der Waals surface area contributed by atoms with Crippen molar-refractivity contribution in [3.05, 3.63) is 76.5 Å². The number of nitrogens with zero attached hydrogens (tertiary/aromatic N) is 3. The van der Waals surface area contributed by atoms with Gasteiger partial charge in [-0.15, -0.1) is 0 Å². The number of rotatable bonds is 5. The van der Waals surface area contributed by atoms with Gasteiger partial charge < -0.3 is 15.2 Å². The molecule has 0 radical (unpaired) electrons. The highest BCUT2D eigenvalue weighted by Crippen LogP contribution is 2.47. The van der Waals surface area contributed by atoms with Gasteiger partial charge in [-0.1, -0.05) is 6.07 Å². The second kappa shape index (κ2) is 9.04. The van der Waals surface area contributed by atoms with Crippen LogP contribution in [0.1, 0.15) is 41.1 Å². The van der Waals surface area contributed by atoms with Crippen molar-refractivity contribution < 1.29 is 19.1 Å². The Bertz CT molecular complexity index is 1210. The van der Waals surface area contributed by atoms with Crippen LogP contribution in [0.4, 0.5) is 0 Å². The zero-order chi connectivity index (χ0) is 23.5. The Hall–Kier alpha value is -4.32. The molecule has 0 bridgehead atoms. The fourth-order valence-corrected chi connectivity index (χ4v) is 4.25. The number of nitriles is 1. The van der Waals surface area contributed by atoms with E-state index in [1.54, 1.807) is 43.6 Å². The highest BCUT2D eigenvalue weighted by atomic mass is 16.5. The molecule has 3 N–H and O–H groups in total. The molecule has 1 unspecified atom stereocenters. The van der Waals surface area contributed by atoms with E-state index in [0.717, 1.165) is 0 Å². The summed E-state index contributed by atoms with van der Waals surface area (Å²) in [6.07, 6.45) is 4.46. The second-order valence-corrected chi connectivity index (χ2v) is 7.61. The number of hydrogen-bond donors (Lipinski definition) is 2. The maximum absolute atomic E-state index is 13.2. The molecule has 2 heterocycles. The van der Waals surface area contributed by atoms with E-state index in [0.29, 0.717) is 53.2 Å². The number of pyridine rings is 1. The number of carbonyl (C=O) groups is 2. The second-order valence-electron chi connectivity index (χ2n) is 7.61. The smallest absolute Gasteiger partial charge is 0.271 e. The molecule has 33 heavy (non-hydrogen) atoms. The molecule has 2 aliphatic rings. The maximum atomic E-state index is 13.2. The van der Waals surface area contributed by atoms with Gasteiger partial charge in [0.15, 0.2) is 5.78 Å². The molecule has 1 atom stereocenters. The first kappa shape index (κ1) is 21.9. The van der Waals surface area contributed by atoms with Crippen molar-refractivity contribution in [2.45, 2.75) is 25.2 Å². The maximum Gasteiger partial charge on any atom is 0.271 e. The van der Waals surface area contributed by atoms with Crippen molar-refractivity contribution in [1.29, 1.82) is 5.26 Å². The number of benzene rings is 1. The molecule has 0 saturated heterocycles. The molecule has 0 spiro atoms. The van der Waals surface area contributed by atoms with Crippen molar-refractivity contribution >= 4 is 11.7 Å². The minimum Gasteiger partial charge on any atom is -0.497 e. The van der Waals surface area contributed by atoms with Gasteiger partial charge in [-0.25, -0.2) is 5.01 Å². The van der Waals surface area contributed by atoms with Crippen LogP contribution in [0.25, 0.3) is 0 Å². The van der Waals surface area contributed by atoms with Crippen LogP contribution >= 0.6 is 0 Å². The lowest BCUT2D eigenvalue weighted by Crippen LogP contribution is -2.48. The van der Waals surface area contributed by atoms with Crippen LogP contribution in [0.15, 0.2) is 65.4 Å². The molecule has 2 aromatic rings. The first-order chi connectivity index (χ1) is 16.0. The molecule has 1 aromatic carbocycles. The predicted molar refractivity (Wildman–Crippen MR) is 119 cm³/mol. The van der Waals surface area contributed by atoms with Crippen LogP contribution < -0.4 is 20.6 Å². The largest absolute Gasteiger partial charge is 0.497 e. The Morgan fingerprint density at radius 3 is 2.76 bits per heavy atom. The molecule has 1 aliphatic heterocycles. The van der Waals surface area contributed by atoms with Gasteiger partial charge in [0.1, 0.15) is 17.3 Å². The zero-order valence-corrected chi connectivity index (χ0v) is 18.3. The summed E-state index contributed by atoms with van der Waals surface area (Å²) in [7, 11) is 3.06. The van der Waals surface area contributed by atoms with E-state index in [1.165, 1.54) is 18.3 Å². The molecule has 0 saturated carbocycles. The van der Waals surface area contributed by atoms with Gasteiger partial charge >= 0.3 is 0 Å². The average molecular weight is 445 g/mol. The Balaban J connectivity index is 1.85. The molecule has 9 nitrogen and oxygen atoms in total. The van der Waals surface area contributed by atoms with Gasteiger partial charge in [0.25, 0.3) is 5.91 Å². The van der Waals surface area contributed by atoms with Gasteiger partial charge in [-0.2, -0.15) is 5.26 Å². The number of ether oxygens (including phenoxy) is 2. The fourth-order valence-electron chi connectivity index (χ4n) is 4.25. The van der Waals surface area contributed by atoms with Crippen LogP contribution in [0.5, 0.6) is 11.5 Å². The van der Waals surface area contributed by atoms with E-state index < -0.39 is 11.8 Å². The zero-order valence-electron chi connectivity index (χ0n) is 18.3. The number of allylic oxidation sites excluding steroid dienone is 3. The Morgan fingerprint density at radius 2 is 2.09 bits per heavy atom. The summed E-state index contributed by atoms with van der Waals surface area (Å²) in [5.74, 6) is -0.153. The first-order valence-electron chi connectivity index (χ1n) is 10.4. The molecule has 1 amide bonds. The van der Waals surface area contributed by atoms with Gasteiger partial charge in [0.05, 0.1) is 37.3 Å². The summed E-state index contributed by atoms with van der Waals surface area (Å²) in [4.78, 5) is 30.0. The lowest BCUT2D eigenvalue weighted by atomic mass is 9.75. The summed E-state index contributed by atoms with van der Waals surface area (Å²) in [5, 5.41) is 11.4. The summed E-state index contributed by atoms with van der Waals surface area (Å²) in [6, 6.07) is 10.6. The molecule has 168 valence electrons. The van der Waals surface area contributed by atoms with E-state index in [-0.39, 0.29) is 17.2 Å². The highest BCUT2D eigenvalue weighted by Gasteiger charge is 2.41. The Morgan fingerprint density at radius 1 is 1.27 bits per heavy atom. The lowest BCUT2D eigenvalue weighted by molar-refractivity contribution is -0.116. The van der Waals surface area contributed by atoms with Gasteiger partial charge in [-0.3, -0.25) is 20.0 Å². The van der Waals surface area contributed by atoms with Gasteiger partial charge in [0, 0.05) is 41.7 Å². The number of aromatic nitrogens is 1. The van der Waals surface area contributed by atoms with Gasteiger partial charge in [-0.05, 0) is 31.0 Å². The van der Waals surface area contributed by atoms with Crippen LogP contribution in [0.3, 0.4) is 0 Å². The van der Waals surface area contributed by atoms with E-state index in [1.807, 2.05) is 0 Å². The summed E-state index contributed by atoms with van der Waals surface area (Å²) in [5.41, 5.74) is 11.3. The van der Waals surface area contributed by atoms with Crippen LogP contribution in [-0.4, -0.2) is 35.9 Å². The van der Waals surface area contributed by atoms with Gasteiger partial charge in [0.2, 0.25) is 0 Å². The third kappa shape index (κ3) is 3.87. The van der Waals surface area contributed by atoms with Crippen molar-refractivity contribution in [2.75, 3.05) is 14.2 Å². The Kier molecular flexibility index (Phi) is 6.00. The highest BCUT2D eigenvalue weighted by molar-refractivity contribution is 6.00. The molecular formula is C24H23N5O4. The molecule has 1 aromatic heterocycles. The minimum atomic E-state index is -0.717. The summed E-state index contributed by atoms with van der Waals surface area (Å²) >= 11 is 0. The number of ketones is 1. The monoisotopic (exact) mass is 445 g/mol. The lowest BCUT2D eigenvalue weighted by Gasteiger charge is -2.39. The number of hydrazine groups is 1. The first-order valence-corrected chi connectivity index (χ1v) is 10.4. The molecule has 4 rings (SSSR count). The standard InChI is InChI=1S/C24H23N5O4/c1-32-15-8-9-16(20(11-15)33-2)21-17(12-25)23(26)29(18-6-3-7-19(30)22(18)21)28-24(31)14-5-4-10-27-13-14/h4-5,8-11,13,21H,3,6-7,26H2,1-2H3,(H,28,31). The number of nitrogens with one attached hydrogen (secondary N) is 1. The molecule has 0 fully saturated rings. The third-order valence-electron chi connectivity index (χ3n) is 5.80. The van der Waals surface area contributed by atoms with Crippen molar-refractivity contribution in [1.82, 2.24) is 15.4 Å². The van der Waals surface area contributed by atoms with Crippen molar-refractivity contribution in [3.63, 3.8) is 0 Å². The van der Waals surface area contributed by atoms with E-state index in [2.05, 4.69) is 16.5 Å². The van der Waals surface area contributed by atoms with Crippen molar-refractivity contribution in [3.8, 4) is 17.6 Å². The minimum absolute atomic E-state index is 0.0612. The molecule has 1 aliphatic carbocycles. The Labute approximate surface area is 191 Å². The third-order valence-corrected chi connectivity index (χ3v) is 5.80. The normalized spacial score (nSPS) is 17.9. The number of carbonyl (C=O) groups excluding carboxylic acids is 2. The average Bonchev–Trinajstić information content (AvgIpc) is 2.85. The molecular weight excluding hydrogens is 422 g/mol. The van der Waals surface area contributed by atoms with E-state index >= 15 is 0 Å². The van der Waals surface area contributed by atoms with Crippen LogP contribution in [-0.2, 0) is 4.79 Å². The molecule has 9 heteroatoms. The number of Topliss-reactive ketones (excluding diaryl/α,β-unsaturated/α-hetero) is 1. The van der Waals surface area contributed by atoms with E-state index in [9.17, 15) is 14.9 Å². The number of nitrogens with two attached hydrogens (primary N) is 1. The topological polar surface area (TPSA) is 131 Å². The van der Waals surface area contributed by atoms with E-state index in [4.69, 9.17) is 15.2 Å². The quantitative estimate of drug-likeness (QED) is 0.718. The fraction of sp³-hybridized carbons (Fsp3) is 0.250. The number of hydrogen-bond acceptors (Lipinski definition) is 8. The predicted octanol–water partition coefficient (Wildman–Crippen LogP) is 2.54. The summed E-state index contributed by atoms with van der Waals surface area (Å²) < 4.78 is 10.8. The SMILES string of the molecule is COc1ccc(C2C(C#N)=C(N)N(NC(=O)c3cccnc3)C3=C2C(=O)CCC3)c(OC)c1. The van der Waals surface area contributed by atoms with Crippen molar-refractivity contribution in [2.24, 2.45) is 5.73 Å². The van der Waals surface area contributed by atoms with Crippen LogP contribution in [0, 0.1) is 11.3 Å².